The molecule has 7 nitrogen and oxygen atoms in total. The van der Waals surface area contributed by atoms with Crippen LogP contribution in [0.15, 0.2) is 18.2 Å². The second-order valence-corrected chi connectivity index (χ2v) is 8.51. The van der Waals surface area contributed by atoms with E-state index in [4.69, 9.17) is 0 Å². The van der Waals surface area contributed by atoms with Crippen LogP contribution in [0, 0.1) is 0 Å². The van der Waals surface area contributed by atoms with E-state index in [0.717, 1.165) is 5.56 Å². The fraction of sp³-hybridized carbons (Fsp3) is 0.571. The van der Waals surface area contributed by atoms with Gasteiger partial charge in [-0.15, -0.1) is 0 Å². The Kier molecular flexibility index (Phi) is 5.78. The highest BCUT2D eigenvalue weighted by atomic mass is 19.4. The Bertz CT molecular complexity index is 904. The SMILES string of the molecule is CC1CC(C(F)(F)F)N(Cc2ccc3c(c2)C(=O)N(C2CCC(=O)NC2=O)C3)CCN1. The number of amides is 3. The second-order valence-electron chi connectivity index (χ2n) is 8.51. The van der Waals surface area contributed by atoms with Gasteiger partial charge in [-0.05, 0) is 37.0 Å². The summed E-state index contributed by atoms with van der Waals surface area (Å²) in [5.74, 6) is -1.17. The third-order valence-electron chi connectivity index (χ3n) is 6.27. The largest absolute Gasteiger partial charge is 0.404 e. The van der Waals surface area contributed by atoms with Gasteiger partial charge in [-0.2, -0.15) is 13.2 Å². The number of rotatable bonds is 3. The first-order valence-electron chi connectivity index (χ1n) is 10.4. The van der Waals surface area contributed by atoms with Gasteiger partial charge in [0.05, 0.1) is 0 Å². The molecule has 3 amide bonds. The van der Waals surface area contributed by atoms with Gasteiger partial charge in [0.25, 0.3) is 5.91 Å². The monoisotopic (exact) mass is 438 g/mol. The molecular weight excluding hydrogens is 413 g/mol. The number of fused-ring (bicyclic) bond motifs is 1. The van der Waals surface area contributed by atoms with Crippen molar-refractivity contribution in [3.05, 3.63) is 34.9 Å². The highest BCUT2D eigenvalue weighted by Crippen LogP contribution is 2.32. The van der Waals surface area contributed by atoms with E-state index in [1.165, 1.54) is 9.80 Å². The fourth-order valence-corrected chi connectivity index (χ4v) is 4.64. The number of hydrogen-bond donors (Lipinski definition) is 2. The van der Waals surface area contributed by atoms with Crippen molar-refractivity contribution >= 4 is 17.7 Å². The molecule has 2 fully saturated rings. The van der Waals surface area contributed by atoms with Gasteiger partial charge >= 0.3 is 6.18 Å². The van der Waals surface area contributed by atoms with E-state index in [-0.39, 0.29) is 56.8 Å². The molecule has 0 saturated carbocycles. The number of imide groups is 1. The lowest BCUT2D eigenvalue weighted by molar-refractivity contribution is -0.186. The number of carbonyl (C=O) groups is 3. The summed E-state index contributed by atoms with van der Waals surface area (Å²) in [5, 5.41) is 5.35. The molecule has 4 rings (SSSR count). The van der Waals surface area contributed by atoms with Gasteiger partial charge in [0.1, 0.15) is 12.1 Å². The van der Waals surface area contributed by atoms with Gasteiger partial charge in [-0.25, -0.2) is 0 Å². The molecule has 1 aromatic rings. The first kappa shape index (κ1) is 21.8. The lowest BCUT2D eigenvalue weighted by atomic mass is 10.0. The highest BCUT2D eigenvalue weighted by molar-refractivity contribution is 6.05. The van der Waals surface area contributed by atoms with Crippen LogP contribution in [-0.2, 0) is 22.7 Å². The van der Waals surface area contributed by atoms with Gasteiger partial charge in [-0.1, -0.05) is 12.1 Å². The maximum absolute atomic E-state index is 13.7. The predicted octanol–water partition coefficient (Wildman–Crippen LogP) is 1.56. The van der Waals surface area contributed by atoms with Crippen LogP contribution < -0.4 is 10.6 Å². The topological polar surface area (TPSA) is 81.8 Å². The van der Waals surface area contributed by atoms with Gasteiger partial charge < -0.3 is 10.2 Å². The van der Waals surface area contributed by atoms with Crippen molar-refractivity contribution in [2.75, 3.05) is 13.1 Å². The summed E-state index contributed by atoms with van der Waals surface area (Å²) in [7, 11) is 0. The molecular formula is C21H25F3N4O3. The van der Waals surface area contributed by atoms with E-state index >= 15 is 0 Å². The Hall–Kier alpha value is -2.46. The van der Waals surface area contributed by atoms with Crippen molar-refractivity contribution in [3.63, 3.8) is 0 Å². The number of nitrogens with zero attached hydrogens (tertiary/aromatic N) is 2. The summed E-state index contributed by atoms with van der Waals surface area (Å²) >= 11 is 0. The number of piperidine rings is 1. The van der Waals surface area contributed by atoms with Crippen LogP contribution in [0.25, 0.3) is 0 Å². The van der Waals surface area contributed by atoms with E-state index in [9.17, 15) is 27.6 Å². The molecule has 3 heterocycles. The number of nitrogens with one attached hydrogen (secondary N) is 2. The summed E-state index contributed by atoms with van der Waals surface area (Å²) in [6, 6.07) is 2.62. The maximum atomic E-state index is 13.7. The van der Waals surface area contributed by atoms with Crippen molar-refractivity contribution < 1.29 is 27.6 Å². The molecule has 3 aliphatic heterocycles. The number of alkyl halides is 3. The van der Waals surface area contributed by atoms with Gasteiger partial charge in [0.2, 0.25) is 11.8 Å². The van der Waals surface area contributed by atoms with E-state index < -0.39 is 24.2 Å². The molecule has 10 heteroatoms. The lowest BCUT2D eigenvalue weighted by Gasteiger charge is -2.31. The molecule has 3 aliphatic rings. The smallest absolute Gasteiger partial charge is 0.322 e. The second kappa shape index (κ2) is 8.23. The van der Waals surface area contributed by atoms with Gasteiger partial charge in [-0.3, -0.25) is 24.6 Å². The fourth-order valence-electron chi connectivity index (χ4n) is 4.64. The first-order valence-corrected chi connectivity index (χ1v) is 10.4. The normalized spacial score (nSPS) is 27.8. The van der Waals surface area contributed by atoms with Crippen molar-refractivity contribution in [1.29, 1.82) is 0 Å². The molecule has 3 atom stereocenters. The Morgan fingerprint density at radius 3 is 2.68 bits per heavy atom. The van der Waals surface area contributed by atoms with Crippen LogP contribution in [0.3, 0.4) is 0 Å². The van der Waals surface area contributed by atoms with E-state index in [1.54, 1.807) is 25.1 Å². The summed E-state index contributed by atoms with van der Waals surface area (Å²) in [4.78, 5) is 39.3. The molecule has 3 unspecified atom stereocenters. The standard InChI is InChI=1S/C21H25F3N4O3/c1-12-8-17(21(22,23)24)27(7-6-25-12)10-13-2-3-14-11-28(20(31)15(14)9-13)16-4-5-18(29)26-19(16)30/h2-3,9,12,16-17,25H,4-8,10-11H2,1H3,(H,26,29,30). The molecule has 0 radical (unpaired) electrons. The number of carbonyl (C=O) groups excluding carboxylic acids is 3. The maximum Gasteiger partial charge on any atom is 0.404 e. The third-order valence-corrected chi connectivity index (χ3v) is 6.27. The minimum absolute atomic E-state index is 0.0311. The molecule has 168 valence electrons. The Labute approximate surface area is 177 Å². The van der Waals surface area contributed by atoms with Crippen molar-refractivity contribution in [2.24, 2.45) is 0 Å². The van der Waals surface area contributed by atoms with E-state index in [1.807, 2.05) is 0 Å². The average molecular weight is 438 g/mol. The van der Waals surface area contributed by atoms with Crippen LogP contribution in [0.4, 0.5) is 13.2 Å². The number of hydrogen-bond acceptors (Lipinski definition) is 5. The summed E-state index contributed by atoms with van der Waals surface area (Å²) in [6.07, 6.45) is -3.93. The molecule has 2 N–H and O–H groups in total. The quantitative estimate of drug-likeness (QED) is 0.701. The van der Waals surface area contributed by atoms with Crippen LogP contribution in [0.5, 0.6) is 0 Å². The van der Waals surface area contributed by atoms with Crippen LogP contribution in [0.1, 0.15) is 47.7 Å². The minimum atomic E-state index is -4.34. The molecule has 2 saturated heterocycles. The van der Waals surface area contributed by atoms with Gasteiger partial charge in [0, 0.05) is 44.2 Å². The highest BCUT2D eigenvalue weighted by Gasteiger charge is 2.45. The number of benzene rings is 1. The Balaban J connectivity index is 1.52. The van der Waals surface area contributed by atoms with E-state index in [2.05, 4.69) is 10.6 Å². The summed E-state index contributed by atoms with van der Waals surface area (Å²) in [5.41, 5.74) is 1.77. The molecule has 1 aromatic carbocycles. The molecule has 0 aromatic heterocycles. The Morgan fingerprint density at radius 2 is 1.97 bits per heavy atom. The molecule has 0 bridgehead atoms. The molecule has 0 aliphatic carbocycles. The van der Waals surface area contributed by atoms with Crippen molar-refractivity contribution in [1.82, 2.24) is 20.4 Å². The zero-order valence-electron chi connectivity index (χ0n) is 17.2. The van der Waals surface area contributed by atoms with Gasteiger partial charge in [0.15, 0.2) is 0 Å². The average Bonchev–Trinajstić information content (AvgIpc) is 2.87. The number of halogens is 3. The summed E-state index contributed by atoms with van der Waals surface area (Å²) < 4.78 is 41.0. The van der Waals surface area contributed by atoms with Crippen molar-refractivity contribution in [2.45, 2.75) is 63.6 Å². The zero-order valence-corrected chi connectivity index (χ0v) is 17.2. The predicted molar refractivity (Wildman–Crippen MR) is 105 cm³/mol. The molecule has 31 heavy (non-hydrogen) atoms. The van der Waals surface area contributed by atoms with Crippen molar-refractivity contribution in [3.8, 4) is 0 Å². The molecule has 0 spiro atoms. The first-order chi connectivity index (χ1) is 14.6. The van der Waals surface area contributed by atoms with Crippen LogP contribution >= 0.6 is 0 Å². The minimum Gasteiger partial charge on any atom is -0.322 e. The van der Waals surface area contributed by atoms with E-state index in [0.29, 0.717) is 17.7 Å². The summed E-state index contributed by atoms with van der Waals surface area (Å²) in [6.45, 7) is 2.79. The lowest BCUT2D eigenvalue weighted by Crippen LogP contribution is -2.52. The van der Waals surface area contributed by atoms with Crippen LogP contribution in [-0.4, -0.2) is 64.9 Å². The Morgan fingerprint density at radius 1 is 1.19 bits per heavy atom. The zero-order chi connectivity index (χ0) is 22.3. The third kappa shape index (κ3) is 4.45. The van der Waals surface area contributed by atoms with Crippen LogP contribution in [0.2, 0.25) is 0 Å².